The Labute approximate surface area is 199 Å². The fourth-order valence-electron chi connectivity index (χ4n) is 2.92. The Balaban J connectivity index is 1.63. The topological polar surface area (TPSA) is 107 Å². The molecular formula is C25H28N2O6S. The SMILES string of the molecule is COc1cc(/C=C/C(=O)Nc2cccc(S(=O)(=O)NCc3ccco3)c2)ccc1OCC(C)C. The summed E-state index contributed by atoms with van der Waals surface area (Å²) in [6, 6.07) is 14.7. The predicted octanol–water partition coefficient (Wildman–Crippen LogP) is 4.45. The van der Waals surface area contributed by atoms with Crippen molar-refractivity contribution in [1.29, 1.82) is 0 Å². The van der Waals surface area contributed by atoms with Crippen molar-refractivity contribution in [3.63, 3.8) is 0 Å². The first-order valence-corrected chi connectivity index (χ1v) is 12.2. The Morgan fingerprint density at radius 1 is 1.09 bits per heavy atom. The summed E-state index contributed by atoms with van der Waals surface area (Å²) < 4.78 is 43.8. The minimum Gasteiger partial charge on any atom is -0.493 e. The number of ether oxygens (including phenoxy) is 2. The van der Waals surface area contributed by atoms with Gasteiger partial charge in [0.05, 0.1) is 31.4 Å². The molecule has 0 bridgehead atoms. The summed E-state index contributed by atoms with van der Waals surface area (Å²) >= 11 is 0. The minimum absolute atomic E-state index is 0.0272. The molecule has 180 valence electrons. The van der Waals surface area contributed by atoms with Crippen LogP contribution in [-0.2, 0) is 21.4 Å². The zero-order valence-electron chi connectivity index (χ0n) is 19.3. The third kappa shape index (κ3) is 7.23. The number of hydrogen-bond donors (Lipinski definition) is 2. The van der Waals surface area contributed by atoms with E-state index in [0.717, 1.165) is 5.56 Å². The van der Waals surface area contributed by atoms with Gasteiger partial charge in [-0.05, 0) is 60.0 Å². The van der Waals surface area contributed by atoms with Gasteiger partial charge >= 0.3 is 0 Å². The van der Waals surface area contributed by atoms with Crippen molar-refractivity contribution in [3.05, 3.63) is 78.3 Å². The number of methoxy groups -OCH3 is 1. The van der Waals surface area contributed by atoms with Gasteiger partial charge in [-0.15, -0.1) is 0 Å². The van der Waals surface area contributed by atoms with Gasteiger partial charge in [-0.2, -0.15) is 0 Å². The van der Waals surface area contributed by atoms with Crippen LogP contribution in [0.2, 0.25) is 0 Å². The maximum absolute atomic E-state index is 12.5. The molecule has 0 saturated carbocycles. The fraction of sp³-hybridized carbons (Fsp3) is 0.240. The van der Waals surface area contributed by atoms with Crippen molar-refractivity contribution in [2.45, 2.75) is 25.3 Å². The van der Waals surface area contributed by atoms with Crippen LogP contribution in [0.4, 0.5) is 5.69 Å². The lowest BCUT2D eigenvalue weighted by Crippen LogP contribution is -2.23. The Morgan fingerprint density at radius 2 is 1.91 bits per heavy atom. The zero-order valence-corrected chi connectivity index (χ0v) is 20.1. The third-order valence-electron chi connectivity index (χ3n) is 4.62. The summed E-state index contributed by atoms with van der Waals surface area (Å²) in [7, 11) is -2.22. The molecule has 0 fully saturated rings. The molecule has 0 atom stereocenters. The minimum atomic E-state index is -3.78. The van der Waals surface area contributed by atoms with Crippen molar-refractivity contribution in [2.24, 2.45) is 5.92 Å². The maximum atomic E-state index is 12.5. The smallest absolute Gasteiger partial charge is 0.248 e. The number of nitrogens with one attached hydrogen (secondary N) is 2. The van der Waals surface area contributed by atoms with Crippen LogP contribution in [0.25, 0.3) is 6.08 Å². The van der Waals surface area contributed by atoms with Crippen LogP contribution in [0.15, 0.2) is 76.2 Å². The molecule has 0 radical (unpaired) electrons. The van der Waals surface area contributed by atoms with Crippen molar-refractivity contribution in [2.75, 3.05) is 19.0 Å². The average molecular weight is 485 g/mol. The van der Waals surface area contributed by atoms with Gasteiger partial charge in [0.25, 0.3) is 0 Å². The molecule has 3 aromatic rings. The van der Waals surface area contributed by atoms with Gasteiger partial charge < -0.3 is 19.2 Å². The fourth-order valence-corrected chi connectivity index (χ4v) is 3.96. The Morgan fingerprint density at radius 3 is 2.62 bits per heavy atom. The van der Waals surface area contributed by atoms with E-state index in [1.54, 1.807) is 49.6 Å². The van der Waals surface area contributed by atoms with Crippen molar-refractivity contribution in [3.8, 4) is 11.5 Å². The van der Waals surface area contributed by atoms with Gasteiger partial charge in [-0.25, -0.2) is 13.1 Å². The largest absolute Gasteiger partial charge is 0.493 e. The first kappa shape index (κ1) is 25.1. The molecule has 1 heterocycles. The standard InChI is InChI=1S/C25H28N2O6S/c1-18(2)17-33-23-11-9-19(14-24(23)31-3)10-12-25(28)27-20-6-4-8-22(15-20)34(29,30)26-16-21-7-5-13-32-21/h4-15,18,26H,16-17H2,1-3H3,(H,27,28)/b12-10+. The van der Waals surface area contributed by atoms with E-state index in [-0.39, 0.29) is 11.4 Å². The molecule has 0 aliphatic carbocycles. The number of sulfonamides is 1. The Bertz CT molecular complexity index is 1230. The second-order valence-electron chi connectivity index (χ2n) is 7.87. The third-order valence-corrected chi connectivity index (χ3v) is 6.01. The maximum Gasteiger partial charge on any atom is 0.248 e. The predicted molar refractivity (Wildman–Crippen MR) is 130 cm³/mol. The van der Waals surface area contributed by atoms with E-state index in [9.17, 15) is 13.2 Å². The number of anilines is 1. The van der Waals surface area contributed by atoms with Crippen molar-refractivity contribution >= 4 is 27.7 Å². The summed E-state index contributed by atoms with van der Waals surface area (Å²) in [4.78, 5) is 12.4. The molecule has 3 rings (SSSR count). The van der Waals surface area contributed by atoms with Crippen LogP contribution in [-0.4, -0.2) is 28.0 Å². The second kappa shape index (κ2) is 11.5. The number of furan rings is 1. The summed E-state index contributed by atoms with van der Waals surface area (Å²) in [5.74, 6) is 1.68. The number of rotatable bonds is 11. The lowest BCUT2D eigenvalue weighted by atomic mass is 10.2. The van der Waals surface area contributed by atoms with E-state index in [4.69, 9.17) is 13.9 Å². The quantitative estimate of drug-likeness (QED) is 0.389. The van der Waals surface area contributed by atoms with Gasteiger partial charge in [0.1, 0.15) is 5.76 Å². The van der Waals surface area contributed by atoms with Crippen LogP contribution in [0.1, 0.15) is 25.2 Å². The highest BCUT2D eigenvalue weighted by Gasteiger charge is 2.15. The molecule has 0 unspecified atom stereocenters. The molecule has 1 amide bonds. The van der Waals surface area contributed by atoms with Crippen LogP contribution in [0.5, 0.6) is 11.5 Å². The molecule has 8 nitrogen and oxygen atoms in total. The van der Waals surface area contributed by atoms with Crippen LogP contribution >= 0.6 is 0 Å². The molecule has 0 aliphatic rings. The molecule has 0 saturated heterocycles. The molecular weight excluding hydrogens is 456 g/mol. The van der Waals surface area contributed by atoms with Gasteiger partial charge in [-0.1, -0.05) is 26.0 Å². The number of benzene rings is 2. The van der Waals surface area contributed by atoms with E-state index < -0.39 is 15.9 Å². The highest BCUT2D eigenvalue weighted by atomic mass is 32.2. The summed E-state index contributed by atoms with van der Waals surface area (Å²) in [5.41, 5.74) is 1.10. The van der Waals surface area contributed by atoms with Gasteiger partial charge in [0, 0.05) is 11.8 Å². The normalized spacial score (nSPS) is 11.6. The molecule has 0 spiro atoms. The van der Waals surface area contributed by atoms with Crippen LogP contribution in [0.3, 0.4) is 0 Å². The van der Waals surface area contributed by atoms with Crippen LogP contribution < -0.4 is 19.5 Å². The highest BCUT2D eigenvalue weighted by Crippen LogP contribution is 2.29. The first-order chi connectivity index (χ1) is 16.3. The highest BCUT2D eigenvalue weighted by molar-refractivity contribution is 7.89. The van der Waals surface area contributed by atoms with E-state index in [0.29, 0.717) is 35.5 Å². The zero-order chi connectivity index (χ0) is 24.6. The van der Waals surface area contributed by atoms with Gasteiger partial charge in [-0.3, -0.25) is 4.79 Å². The molecule has 2 N–H and O–H groups in total. The molecule has 0 aliphatic heterocycles. The van der Waals surface area contributed by atoms with E-state index in [2.05, 4.69) is 23.9 Å². The van der Waals surface area contributed by atoms with Crippen LogP contribution in [0, 0.1) is 5.92 Å². The number of carbonyl (C=O) groups excluding carboxylic acids is 1. The molecule has 2 aromatic carbocycles. The average Bonchev–Trinajstić information content (AvgIpc) is 3.34. The van der Waals surface area contributed by atoms with E-state index in [1.807, 2.05) is 6.07 Å². The van der Waals surface area contributed by atoms with Gasteiger partial charge in [0.2, 0.25) is 15.9 Å². The van der Waals surface area contributed by atoms with E-state index in [1.165, 1.54) is 24.5 Å². The molecule has 9 heteroatoms. The van der Waals surface area contributed by atoms with Crippen molar-refractivity contribution in [1.82, 2.24) is 4.72 Å². The van der Waals surface area contributed by atoms with Crippen molar-refractivity contribution < 1.29 is 27.1 Å². The Kier molecular flexibility index (Phi) is 8.50. The van der Waals surface area contributed by atoms with Gasteiger partial charge in [0.15, 0.2) is 11.5 Å². The summed E-state index contributed by atoms with van der Waals surface area (Å²) in [6.07, 6.45) is 4.47. The first-order valence-electron chi connectivity index (χ1n) is 10.7. The number of amides is 1. The second-order valence-corrected chi connectivity index (χ2v) is 9.64. The number of carbonyl (C=O) groups is 1. The molecule has 34 heavy (non-hydrogen) atoms. The number of hydrogen-bond acceptors (Lipinski definition) is 6. The lowest BCUT2D eigenvalue weighted by molar-refractivity contribution is -0.111. The Hall–Kier alpha value is -3.56. The van der Waals surface area contributed by atoms with E-state index >= 15 is 0 Å². The lowest BCUT2D eigenvalue weighted by Gasteiger charge is -2.12. The summed E-state index contributed by atoms with van der Waals surface area (Å²) in [5, 5.41) is 2.67. The molecule has 1 aromatic heterocycles. The summed E-state index contributed by atoms with van der Waals surface area (Å²) in [6.45, 7) is 4.72. The monoisotopic (exact) mass is 484 g/mol.